The van der Waals surface area contributed by atoms with Gasteiger partial charge in [0.2, 0.25) is 0 Å². The molecule has 0 spiro atoms. The number of nitrogens with one attached hydrogen (secondary N) is 1. The lowest BCUT2D eigenvalue weighted by atomic mass is 10.0. The van der Waals surface area contributed by atoms with Crippen LogP contribution >= 0.6 is 12.2 Å². The van der Waals surface area contributed by atoms with Crippen LogP contribution in [0.4, 0.5) is 13.2 Å². The van der Waals surface area contributed by atoms with Gasteiger partial charge >= 0.3 is 6.18 Å². The third-order valence-electron chi connectivity index (χ3n) is 4.00. The molecule has 1 fully saturated rings. The number of ether oxygens (including phenoxy) is 1. The highest BCUT2D eigenvalue weighted by Gasteiger charge is 2.43. The average molecular weight is 377 g/mol. The van der Waals surface area contributed by atoms with E-state index < -0.39 is 42.9 Å². The van der Waals surface area contributed by atoms with Gasteiger partial charge in [0, 0.05) is 5.56 Å². The number of hydrogen-bond acceptors (Lipinski definition) is 7. The van der Waals surface area contributed by atoms with Gasteiger partial charge in [-0.25, -0.2) is 9.97 Å². The van der Waals surface area contributed by atoms with E-state index in [1.165, 1.54) is 13.0 Å². The molecular weight excluding hydrogens is 363 g/mol. The Bertz CT molecular complexity index is 873. The molecule has 11 heteroatoms. The maximum absolute atomic E-state index is 12.9. The SMILES string of the molecule is Cc1nc2cc(C3OC(CO)C(O)C3O)c(=S)[nH]c2nc1C(F)(F)F. The quantitative estimate of drug-likeness (QED) is 0.581. The maximum Gasteiger partial charge on any atom is 0.435 e. The number of rotatable bonds is 2. The van der Waals surface area contributed by atoms with Crippen LogP contribution < -0.4 is 0 Å². The fourth-order valence-corrected chi connectivity index (χ4v) is 3.03. The minimum absolute atomic E-state index is 0.00591. The van der Waals surface area contributed by atoms with Gasteiger partial charge in [-0.3, -0.25) is 0 Å². The van der Waals surface area contributed by atoms with Crippen molar-refractivity contribution < 1.29 is 33.2 Å². The van der Waals surface area contributed by atoms with Crippen LogP contribution in [0.25, 0.3) is 11.2 Å². The van der Waals surface area contributed by atoms with E-state index in [1.807, 2.05) is 0 Å². The van der Waals surface area contributed by atoms with E-state index in [0.29, 0.717) is 0 Å². The van der Waals surface area contributed by atoms with Gasteiger partial charge in [0.1, 0.15) is 34.6 Å². The number of alkyl halides is 3. The summed E-state index contributed by atoms with van der Waals surface area (Å²) < 4.78 is 44.2. The molecule has 0 amide bonds. The van der Waals surface area contributed by atoms with Crippen molar-refractivity contribution in [3.8, 4) is 0 Å². The van der Waals surface area contributed by atoms with Crippen molar-refractivity contribution in [3.63, 3.8) is 0 Å². The summed E-state index contributed by atoms with van der Waals surface area (Å²) in [6.07, 6.45) is -9.37. The maximum atomic E-state index is 12.9. The molecule has 0 aromatic carbocycles. The topological polar surface area (TPSA) is 111 Å². The highest BCUT2D eigenvalue weighted by molar-refractivity contribution is 7.71. The van der Waals surface area contributed by atoms with Gasteiger partial charge in [-0.2, -0.15) is 13.2 Å². The first-order chi connectivity index (χ1) is 11.6. The molecule has 4 unspecified atom stereocenters. The zero-order valence-corrected chi connectivity index (χ0v) is 13.6. The summed E-state index contributed by atoms with van der Waals surface area (Å²) in [5, 5.41) is 29.1. The molecule has 3 heterocycles. The van der Waals surface area contributed by atoms with Crippen molar-refractivity contribution >= 4 is 23.4 Å². The molecule has 3 rings (SSSR count). The second-order valence-corrected chi connectivity index (χ2v) is 6.11. The Kier molecular flexibility index (Phi) is 4.54. The van der Waals surface area contributed by atoms with Crippen LogP contribution in [0.2, 0.25) is 0 Å². The van der Waals surface area contributed by atoms with Crippen molar-refractivity contribution in [2.45, 2.75) is 37.5 Å². The summed E-state index contributed by atoms with van der Waals surface area (Å²) in [6, 6.07) is 1.36. The van der Waals surface area contributed by atoms with Crippen LogP contribution in [0.3, 0.4) is 0 Å². The lowest BCUT2D eigenvalue weighted by Gasteiger charge is -2.16. The summed E-state index contributed by atoms with van der Waals surface area (Å²) in [5.41, 5.74) is -1.24. The first-order valence-electron chi connectivity index (χ1n) is 7.24. The minimum atomic E-state index is -4.65. The van der Waals surface area contributed by atoms with Crippen molar-refractivity contribution in [3.05, 3.63) is 27.7 Å². The number of aryl methyl sites for hydroxylation is 1. The predicted molar refractivity (Wildman–Crippen MR) is 81.2 cm³/mol. The molecule has 1 aliphatic rings. The third-order valence-corrected chi connectivity index (χ3v) is 4.34. The highest BCUT2D eigenvalue weighted by Crippen LogP contribution is 2.35. The van der Waals surface area contributed by atoms with E-state index in [0.717, 1.165) is 0 Å². The first-order valence-corrected chi connectivity index (χ1v) is 7.65. The second-order valence-electron chi connectivity index (χ2n) is 5.70. The van der Waals surface area contributed by atoms with Crippen LogP contribution in [0.1, 0.15) is 23.1 Å². The second kappa shape index (κ2) is 6.25. The Hall–Kier alpha value is -1.66. The van der Waals surface area contributed by atoms with Gasteiger partial charge in [-0.15, -0.1) is 0 Å². The molecule has 136 valence electrons. The van der Waals surface area contributed by atoms with Gasteiger partial charge in [0.05, 0.1) is 12.3 Å². The lowest BCUT2D eigenvalue weighted by molar-refractivity contribution is -0.141. The Morgan fingerprint density at radius 1 is 1.28 bits per heavy atom. The molecule has 4 N–H and O–H groups in total. The van der Waals surface area contributed by atoms with E-state index >= 15 is 0 Å². The summed E-state index contributed by atoms with van der Waals surface area (Å²) in [5.74, 6) is 0. The van der Waals surface area contributed by atoms with Gasteiger partial charge in [-0.1, -0.05) is 12.2 Å². The summed E-state index contributed by atoms with van der Waals surface area (Å²) in [7, 11) is 0. The van der Waals surface area contributed by atoms with Crippen LogP contribution in [0, 0.1) is 11.6 Å². The van der Waals surface area contributed by atoms with Crippen molar-refractivity contribution in [1.82, 2.24) is 15.0 Å². The number of fused-ring (bicyclic) bond motifs is 1. The third kappa shape index (κ3) is 3.13. The van der Waals surface area contributed by atoms with E-state index in [4.69, 9.17) is 22.1 Å². The Morgan fingerprint density at radius 3 is 2.52 bits per heavy atom. The number of aliphatic hydroxyl groups is 3. The first kappa shape index (κ1) is 18.1. The van der Waals surface area contributed by atoms with Crippen LogP contribution in [0.15, 0.2) is 6.07 Å². The standard InChI is InChI=1S/C14H14F3N3O4S/c1-4-11(14(15,16)17)19-12-6(18-4)2-5(13(25)20-12)10-9(23)8(22)7(3-21)24-10/h2,7-10,21-23H,3H2,1H3,(H,19,20,25). The number of nitrogens with zero attached hydrogens (tertiary/aromatic N) is 2. The average Bonchev–Trinajstić information content (AvgIpc) is 2.81. The van der Waals surface area contributed by atoms with E-state index in [9.17, 15) is 23.4 Å². The van der Waals surface area contributed by atoms with Crippen molar-refractivity contribution in [1.29, 1.82) is 0 Å². The number of aromatic nitrogens is 3. The highest BCUT2D eigenvalue weighted by atomic mass is 32.1. The predicted octanol–water partition coefficient (Wildman–Crippen LogP) is 1.17. The molecule has 1 aliphatic heterocycles. The molecule has 1 saturated heterocycles. The summed E-state index contributed by atoms with van der Waals surface area (Å²) in [6.45, 7) is 0.676. The number of H-pyrrole nitrogens is 1. The fraction of sp³-hybridized carbons (Fsp3) is 0.500. The molecule has 0 saturated carbocycles. The normalized spacial score (nSPS) is 27.2. The molecule has 0 radical (unpaired) electrons. The van der Waals surface area contributed by atoms with Crippen molar-refractivity contribution in [2.24, 2.45) is 0 Å². The summed E-state index contributed by atoms with van der Waals surface area (Å²) >= 11 is 5.11. The molecule has 2 aromatic heterocycles. The smallest absolute Gasteiger partial charge is 0.394 e. The monoisotopic (exact) mass is 377 g/mol. The molecule has 4 atom stereocenters. The zero-order valence-electron chi connectivity index (χ0n) is 12.8. The molecule has 25 heavy (non-hydrogen) atoms. The molecular formula is C14H14F3N3O4S. The molecule has 2 aromatic rings. The van der Waals surface area contributed by atoms with Gasteiger partial charge in [0.15, 0.2) is 11.3 Å². The van der Waals surface area contributed by atoms with Gasteiger partial charge in [-0.05, 0) is 13.0 Å². The number of aromatic amines is 1. The Labute approximate surface area is 144 Å². The number of halogens is 3. The minimum Gasteiger partial charge on any atom is -0.394 e. The molecule has 0 bridgehead atoms. The number of pyridine rings is 1. The van der Waals surface area contributed by atoms with E-state index in [-0.39, 0.29) is 27.1 Å². The number of aliphatic hydroxyl groups excluding tert-OH is 3. The Balaban J connectivity index is 2.10. The van der Waals surface area contributed by atoms with Crippen molar-refractivity contribution in [2.75, 3.05) is 6.61 Å². The zero-order chi connectivity index (χ0) is 18.5. The van der Waals surface area contributed by atoms with E-state index in [2.05, 4.69) is 15.0 Å². The van der Waals surface area contributed by atoms with Crippen LogP contribution in [0.5, 0.6) is 0 Å². The largest absolute Gasteiger partial charge is 0.435 e. The Morgan fingerprint density at radius 2 is 1.96 bits per heavy atom. The van der Waals surface area contributed by atoms with Crippen LogP contribution in [-0.4, -0.2) is 55.2 Å². The number of hydrogen-bond donors (Lipinski definition) is 4. The fourth-order valence-electron chi connectivity index (χ4n) is 2.76. The van der Waals surface area contributed by atoms with Gasteiger partial charge < -0.3 is 25.0 Å². The molecule has 7 nitrogen and oxygen atoms in total. The van der Waals surface area contributed by atoms with Gasteiger partial charge in [0.25, 0.3) is 0 Å². The molecule has 0 aliphatic carbocycles. The lowest BCUT2D eigenvalue weighted by Crippen LogP contribution is -2.32. The summed E-state index contributed by atoms with van der Waals surface area (Å²) in [4.78, 5) is 9.98. The van der Waals surface area contributed by atoms with E-state index in [1.54, 1.807) is 0 Å². The van der Waals surface area contributed by atoms with Crippen LogP contribution in [-0.2, 0) is 10.9 Å².